The van der Waals surface area contributed by atoms with Crippen LogP contribution in [0.25, 0.3) is 10.4 Å². The lowest BCUT2D eigenvalue weighted by Gasteiger charge is -2.01. The molecule has 0 aliphatic carbocycles. The molecule has 0 atom stereocenters. The number of carboxylic acids is 1. The first-order chi connectivity index (χ1) is 8.47. The van der Waals surface area contributed by atoms with Crippen LogP contribution >= 0.6 is 0 Å². The third-order valence-electron chi connectivity index (χ3n) is 2.00. The van der Waals surface area contributed by atoms with Gasteiger partial charge in [-0.1, -0.05) is 11.2 Å². The molecule has 0 aliphatic rings. The summed E-state index contributed by atoms with van der Waals surface area (Å²) in [5, 5.41) is 11.7. The van der Waals surface area contributed by atoms with Gasteiger partial charge >= 0.3 is 5.97 Å². The van der Waals surface area contributed by atoms with Gasteiger partial charge in [-0.2, -0.15) is 0 Å². The SMILES string of the molecule is [N-]=[N+]=NC=CCS(=O)(=O)c1ccc(C(=O)O)cc1. The Morgan fingerprint density at radius 1 is 1.39 bits per heavy atom. The van der Waals surface area contributed by atoms with E-state index in [4.69, 9.17) is 10.6 Å². The van der Waals surface area contributed by atoms with Gasteiger partial charge in [-0.15, -0.1) is 0 Å². The van der Waals surface area contributed by atoms with Crippen LogP contribution < -0.4 is 0 Å². The quantitative estimate of drug-likeness (QED) is 0.498. The zero-order valence-corrected chi connectivity index (χ0v) is 9.91. The van der Waals surface area contributed by atoms with Crippen molar-refractivity contribution in [2.24, 2.45) is 5.11 Å². The van der Waals surface area contributed by atoms with Gasteiger partial charge in [-0.05, 0) is 36.0 Å². The molecule has 0 unspecified atom stereocenters. The number of aromatic carboxylic acids is 1. The fourth-order valence-corrected chi connectivity index (χ4v) is 2.23. The van der Waals surface area contributed by atoms with Crippen LogP contribution in [0.2, 0.25) is 0 Å². The number of azide groups is 1. The number of sulfone groups is 1. The molecule has 0 bridgehead atoms. The summed E-state index contributed by atoms with van der Waals surface area (Å²) in [5.41, 5.74) is 8.01. The highest BCUT2D eigenvalue weighted by atomic mass is 32.2. The molecule has 8 heteroatoms. The first-order valence-corrected chi connectivity index (χ1v) is 6.38. The molecular formula is C10H9N3O4S. The average molecular weight is 267 g/mol. The van der Waals surface area contributed by atoms with Crippen LogP contribution in [0.3, 0.4) is 0 Å². The summed E-state index contributed by atoms with van der Waals surface area (Å²) in [7, 11) is -3.55. The minimum atomic E-state index is -3.55. The second-order valence-corrected chi connectivity index (χ2v) is 5.23. The molecule has 1 aromatic carbocycles. The highest BCUT2D eigenvalue weighted by molar-refractivity contribution is 7.91. The number of rotatable bonds is 5. The average Bonchev–Trinajstić information content (AvgIpc) is 2.35. The van der Waals surface area contributed by atoms with E-state index >= 15 is 0 Å². The number of carboxylic acid groups (broad SMARTS) is 1. The fourth-order valence-electron chi connectivity index (χ4n) is 1.15. The van der Waals surface area contributed by atoms with E-state index in [2.05, 4.69) is 10.0 Å². The van der Waals surface area contributed by atoms with E-state index in [1.54, 1.807) is 0 Å². The van der Waals surface area contributed by atoms with E-state index < -0.39 is 15.8 Å². The van der Waals surface area contributed by atoms with Crippen LogP contribution in [-0.2, 0) is 9.84 Å². The lowest BCUT2D eigenvalue weighted by Crippen LogP contribution is -2.05. The van der Waals surface area contributed by atoms with E-state index in [0.717, 1.165) is 6.20 Å². The molecule has 1 rings (SSSR count). The first-order valence-electron chi connectivity index (χ1n) is 4.73. The topological polar surface area (TPSA) is 120 Å². The highest BCUT2D eigenvalue weighted by Gasteiger charge is 2.13. The van der Waals surface area contributed by atoms with Gasteiger partial charge in [0.15, 0.2) is 9.84 Å². The van der Waals surface area contributed by atoms with Crippen LogP contribution in [0, 0.1) is 0 Å². The van der Waals surface area contributed by atoms with Gasteiger partial charge in [-0.3, -0.25) is 0 Å². The van der Waals surface area contributed by atoms with Crippen molar-refractivity contribution in [3.05, 3.63) is 52.5 Å². The van der Waals surface area contributed by atoms with Crippen molar-refractivity contribution < 1.29 is 18.3 Å². The molecule has 18 heavy (non-hydrogen) atoms. The molecule has 0 saturated carbocycles. The number of carbonyl (C=O) groups is 1. The van der Waals surface area contributed by atoms with E-state index in [9.17, 15) is 13.2 Å². The van der Waals surface area contributed by atoms with Crippen LogP contribution in [0.15, 0.2) is 46.6 Å². The number of hydrogen-bond donors (Lipinski definition) is 1. The van der Waals surface area contributed by atoms with Gasteiger partial charge in [-0.25, -0.2) is 13.2 Å². The number of benzene rings is 1. The van der Waals surface area contributed by atoms with Crippen molar-refractivity contribution in [3.63, 3.8) is 0 Å². The zero-order chi connectivity index (χ0) is 13.6. The lowest BCUT2D eigenvalue weighted by molar-refractivity contribution is 0.0697. The molecule has 0 aromatic heterocycles. The third kappa shape index (κ3) is 3.62. The van der Waals surface area contributed by atoms with Crippen molar-refractivity contribution >= 4 is 15.8 Å². The van der Waals surface area contributed by atoms with Gasteiger partial charge < -0.3 is 5.11 Å². The van der Waals surface area contributed by atoms with Crippen LogP contribution in [0.1, 0.15) is 10.4 Å². The summed E-state index contributed by atoms with van der Waals surface area (Å²) >= 11 is 0. The van der Waals surface area contributed by atoms with Crippen molar-refractivity contribution in [2.45, 2.75) is 4.90 Å². The summed E-state index contributed by atoms with van der Waals surface area (Å²) in [5.74, 6) is -1.44. The highest BCUT2D eigenvalue weighted by Crippen LogP contribution is 2.12. The molecule has 7 nitrogen and oxygen atoms in total. The Morgan fingerprint density at radius 3 is 2.50 bits per heavy atom. The smallest absolute Gasteiger partial charge is 0.335 e. The minimum absolute atomic E-state index is 0.0121. The minimum Gasteiger partial charge on any atom is -0.478 e. The molecule has 94 valence electrons. The van der Waals surface area contributed by atoms with E-state index in [-0.39, 0.29) is 16.2 Å². The Bertz CT molecular complexity index is 613. The van der Waals surface area contributed by atoms with Crippen molar-refractivity contribution in [2.75, 3.05) is 5.75 Å². The molecule has 0 amide bonds. The van der Waals surface area contributed by atoms with Crippen LogP contribution in [0.5, 0.6) is 0 Å². The Labute approximate surface area is 103 Å². The largest absolute Gasteiger partial charge is 0.478 e. The van der Waals surface area contributed by atoms with Gasteiger partial charge in [0, 0.05) is 4.91 Å². The number of nitrogens with zero attached hydrogens (tertiary/aromatic N) is 3. The molecule has 0 spiro atoms. The second kappa shape index (κ2) is 5.85. The summed E-state index contributed by atoms with van der Waals surface area (Å²) in [6.07, 6.45) is 2.25. The maximum atomic E-state index is 11.7. The van der Waals surface area contributed by atoms with Crippen molar-refractivity contribution in [1.82, 2.24) is 0 Å². The molecular weight excluding hydrogens is 258 g/mol. The van der Waals surface area contributed by atoms with Crippen molar-refractivity contribution in [1.29, 1.82) is 0 Å². The predicted molar refractivity (Wildman–Crippen MR) is 63.7 cm³/mol. The first kappa shape index (κ1) is 13.8. The van der Waals surface area contributed by atoms with Crippen molar-refractivity contribution in [3.8, 4) is 0 Å². The molecule has 1 N–H and O–H groups in total. The van der Waals surface area contributed by atoms with Gasteiger partial charge in [0.1, 0.15) is 0 Å². The summed E-state index contributed by atoms with van der Waals surface area (Å²) in [6.45, 7) is 0. The van der Waals surface area contributed by atoms with E-state index in [0.29, 0.717) is 0 Å². The molecule has 0 saturated heterocycles. The Hall–Kier alpha value is -2.31. The molecule has 0 fully saturated rings. The predicted octanol–water partition coefficient (Wildman–Crippen LogP) is 1.98. The third-order valence-corrected chi connectivity index (χ3v) is 3.62. The monoisotopic (exact) mass is 267 g/mol. The van der Waals surface area contributed by atoms with Gasteiger partial charge in [0.25, 0.3) is 0 Å². The Kier molecular flexibility index (Phi) is 4.47. The second-order valence-electron chi connectivity index (χ2n) is 3.20. The summed E-state index contributed by atoms with van der Waals surface area (Å²) in [6, 6.07) is 4.87. The lowest BCUT2D eigenvalue weighted by atomic mass is 10.2. The summed E-state index contributed by atoms with van der Waals surface area (Å²) < 4.78 is 23.5. The van der Waals surface area contributed by atoms with Crippen LogP contribution in [-0.4, -0.2) is 25.2 Å². The number of hydrogen-bond acceptors (Lipinski definition) is 4. The molecule has 0 heterocycles. The normalized spacial score (nSPS) is 11.1. The molecule has 0 radical (unpaired) electrons. The standard InChI is InChI=1S/C10H9N3O4S/c11-13-12-6-1-7-18(16,17)9-4-2-8(3-5-9)10(14)15/h1-6H,7H2,(H,14,15). The molecule has 0 aliphatic heterocycles. The fraction of sp³-hybridized carbons (Fsp3) is 0.100. The van der Waals surface area contributed by atoms with E-state index in [1.165, 1.54) is 30.3 Å². The Morgan fingerprint density at radius 2 is 2.00 bits per heavy atom. The maximum Gasteiger partial charge on any atom is 0.335 e. The van der Waals surface area contributed by atoms with Gasteiger partial charge in [0.2, 0.25) is 0 Å². The van der Waals surface area contributed by atoms with Gasteiger partial charge in [0.05, 0.1) is 16.2 Å². The van der Waals surface area contributed by atoms with Crippen LogP contribution in [0.4, 0.5) is 0 Å². The van der Waals surface area contributed by atoms with E-state index in [1.807, 2.05) is 0 Å². The summed E-state index contributed by atoms with van der Waals surface area (Å²) in [4.78, 5) is 13.0. The maximum absolute atomic E-state index is 11.7. The Balaban J connectivity index is 2.91. The zero-order valence-electron chi connectivity index (χ0n) is 9.09. The molecule has 1 aromatic rings.